The number of ether oxygens (including phenoxy) is 2. The highest BCUT2D eigenvalue weighted by Gasteiger charge is 2.34. The van der Waals surface area contributed by atoms with Crippen molar-refractivity contribution < 1.29 is 22.7 Å². The van der Waals surface area contributed by atoms with Crippen LogP contribution in [0.2, 0.25) is 5.02 Å². The lowest BCUT2D eigenvalue weighted by molar-refractivity contribution is -0.117. The molecular weight excluding hydrogens is 428 g/mol. The van der Waals surface area contributed by atoms with Crippen LogP contribution in [0.5, 0.6) is 11.5 Å². The van der Waals surface area contributed by atoms with Crippen molar-refractivity contribution in [3.05, 3.63) is 47.5 Å². The third-order valence-corrected chi connectivity index (χ3v) is 7.36. The summed E-state index contributed by atoms with van der Waals surface area (Å²) >= 11 is 6.10. The summed E-state index contributed by atoms with van der Waals surface area (Å²) in [5, 5.41) is 3.18. The predicted octanol–water partition coefficient (Wildman–Crippen LogP) is 3.93. The minimum absolute atomic E-state index is 0.0685. The van der Waals surface area contributed by atoms with Gasteiger partial charge in [0.15, 0.2) is 0 Å². The maximum Gasteiger partial charge on any atom is 0.243 e. The lowest BCUT2D eigenvalue weighted by atomic mass is 10.0. The van der Waals surface area contributed by atoms with Gasteiger partial charge in [0.1, 0.15) is 11.5 Å². The quantitative estimate of drug-likeness (QED) is 0.688. The molecule has 2 aromatic carbocycles. The summed E-state index contributed by atoms with van der Waals surface area (Å²) in [6.45, 7) is 0.390. The summed E-state index contributed by atoms with van der Waals surface area (Å²) in [5.74, 6) is 0.832. The smallest absolute Gasteiger partial charge is 0.243 e. The molecule has 1 heterocycles. The van der Waals surface area contributed by atoms with Crippen LogP contribution in [0.1, 0.15) is 25.7 Å². The number of piperidine rings is 1. The number of anilines is 1. The fourth-order valence-corrected chi connectivity index (χ4v) is 5.50. The highest BCUT2D eigenvalue weighted by Crippen LogP contribution is 2.30. The Morgan fingerprint density at radius 1 is 1.13 bits per heavy atom. The van der Waals surface area contributed by atoms with E-state index in [1.54, 1.807) is 30.3 Å². The van der Waals surface area contributed by atoms with Crippen LogP contribution in [0, 0.1) is 0 Å². The van der Waals surface area contributed by atoms with E-state index in [1.807, 2.05) is 0 Å². The maximum absolute atomic E-state index is 13.2. The van der Waals surface area contributed by atoms with Crippen LogP contribution >= 0.6 is 11.6 Å². The molecule has 1 aliphatic rings. The number of carbonyl (C=O) groups is 1. The maximum atomic E-state index is 13.2. The fourth-order valence-electron chi connectivity index (χ4n) is 3.55. The van der Waals surface area contributed by atoms with Gasteiger partial charge < -0.3 is 14.8 Å². The lowest BCUT2D eigenvalue weighted by Crippen LogP contribution is -2.45. The van der Waals surface area contributed by atoms with Gasteiger partial charge in [-0.2, -0.15) is 4.31 Å². The summed E-state index contributed by atoms with van der Waals surface area (Å²) in [7, 11) is -0.669. The van der Waals surface area contributed by atoms with E-state index < -0.39 is 16.1 Å². The van der Waals surface area contributed by atoms with Crippen LogP contribution in [0.15, 0.2) is 47.4 Å². The standard InChI is InChI=1S/C21H25ClN2O5S/c1-28-17-7-9-18(10-8-17)30(26,27)24-12-4-3-5-16(24)14-21(25)23-15-6-11-20(29-2)19(22)13-15/h6-11,13,16H,3-5,12,14H2,1-2H3,(H,23,25). The van der Waals surface area contributed by atoms with Crippen LogP contribution in [0.3, 0.4) is 0 Å². The first-order valence-electron chi connectivity index (χ1n) is 9.64. The van der Waals surface area contributed by atoms with Crippen molar-refractivity contribution >= 4 is 33.2 Å². The Balaban J connectivity index is 1.73. The van der Waals surface area contributed by atoms with Gasteiger partial charge in [0, 0.05) is 24.7 Å². The molecule has 0 spiro atoms. The number of rotatable bonds is 7. The van der Waals surface area contributed by atoms with E-state index in [9.17, 15) is 13.2 Å². The zero-order valence-electron chi connectivity index (χ0n) is 16.9. The van der Waals surface area contributed by atoms with E-state index in [-0.39, 0.29) is 17.2 Å². The summed E-state index contributed by atoms with van der Waals surface area (Å²) in [6, 6.07) is 10.8. The van der Waals surface area contributed by atoms with Crippen LogP contribution in [-0.2, 0) is 14.8 Å². The molecule has 0 aliphatic carbocycles. The number of nitrogens with one attached hydrogen (secondary N) is 1. The van der Waals surface area contributed by atoms with Gasteiger partial charge in [-0.15, -0.1) is 0 Å². The number of halogens is 1. The molecule has 0 saturated carbocycles. The second-order valence-electron chi connectivity index (χ2n) is 7.04. The predicted molar refractivity (Wildman–Crippen MR) is 116 cm³/mol. The topological polar surface area (TPSA) is 84.9 Å². The first-order chi connectivity index (χ1) is 14.3. The molecule has 1 fully saturated rings. The molecule has 0 bridgehead atoms. The summed E-state index contributed by atoms with van der Waals surface area (Å²) in [5.41, 5.74) is 0.533. The first-order valence-corrected chi connectivity index (χ1v) is 11.5. The van der Waals surface area contributed by atoms with E-state index in [0.717, 1.165) is 12.8 Å². The molecular formula is C21H25ClN2O5S. The van der Waals surface area contributed by atoms with Crippen molar-refractivity contribution in [1.29, 1.82) is 0 Å². The van der Waals surface area contributed by atoms with Gasteiger partial charge in [0.05, 0.1) is 24.1 Å². The van der Waals surface area contributed by atoms with Crippen molar-refractivity contribution in [3.8, 4) is 11.5 Å². The molecule has 1 amide bonds. The number of hydrogen-bond donors (Lipinski definition) is 1. The van der Waals surface area contributed by atoms with Crippen molar-refractivity contribution in [2.24, 2.45) is 0 Å². The SMILES string of the molecule is COc1ccc(S(=O)(=O)N2CCCCC2CC(=O)Nc2ccc(OC)c(Cl)c2)cc1. The number of hydrogen-bond acceptors (Lipinski definition) is 5. The monoisotopic (exact) mass is 452 g/mol. The lowest BCUT2D eigenvalue weighted by Gasteiger charge is -2.34. The molecule has 1 N–H and O–H groups in total. The van der Waals surface area contributed by atoms with Crippen molar-refractivity contribution in [3.63, 3.8) is 0 Å². The molecule has 2 aromatic rings. The van der Waals surface area contributed by atoms with Gasteiger partial charge in [0.2, 0.25) is 15.9 Å². The van der Waals surface area contributed by atoms with Gasteiger partial charge in [-0.25, -0.2) is 8.42 Å². The molecule has 7 nitrogen and oxygen atoms in total. The van der Waals surface area contributed by atoms with Crippen molar-refractivity contribution in [1.82, 2.24) is 4.31 Å². The molecule has 1 atom stereocenters. The molecule has 1 saturated heterocycles. The molecule has 30 heavy (non-hydrogen) atoms. The Bertz CT molecular complexity index is 995. The second kappa shape index (κ2) is 9.68. The number of benzene rings is 2. The Hall–Kier alpha value is -2.29. The van der Waals surface area contributed by atoms with Gasteiger partial charge in [-0.3, -0.25) is 4.79 Å². The zero-order valence-corrected chi connectivity index (χ0v) is 18.5. The summed E-state index contributed by atoms with van der Waals surface area (Å²) < 4.78 is 38.0. The van der Waals surface area contributed by atoms with E-state index in [0.29, 0.717) is 35.2 Å². The second-order valence-corrected chi connectivity index (χ2v) is 9.34. The molecule has 3 rings (SSSR count). The molecule has 162 valence electrons. The zero-order chi connectivity index (χ0) is 21.7. The molecule has 0 aromatic heterocycles. The van der Waals surface area contributed by atoms with E-state index in [4.69, 9.17) is 21.1 Å². The largest absolute Gasteiger partial charge is 0.497 e. The average molecular weight is 453 g/mol. The van der Waals surface area contributed by atoms with E-state index in [2.05, 4.69) is 5.32 Å². The third kappa shape index (κ3) is 5.06. The highest BCUT2D eigenvalue weighted by atomic mass is 35.5. The van der Waals surface area contributed by atoms with Crippen LogP contribution in [-0.4, -0.2) is 45.4 Å². The molecule has 9 heteroatoms. The highest BCUT2D eigenvalue weighted by molar-refractivity contribution is 7.89. The third-order valence-electron chi connectivity index (χ3n) is 5.10. The van der Waals surface area contributed by atoms with Crippen molar-refractivity contribution in [2.75, 3.05) is 26.1 Å². The van der Waals surface area contributed by atoms with Crippen molar-refractivity contribution in [2.45, 2.75) is 36.6 Å². The first kappa shape index (κ1) is 22.4. The van der Waals surface area contributed by atoms with Crippen LogP contribution < -0.4 is 14.8 Å². The van der Waals surface area contributed by atoms with E-state index >= 15 is 0 Å². The van der Waals surface area contributed by atoms with E-state index in [1.165, 1.54) is 30.7 Å². The van der Waals surface area contributed by atoms with Gasteiger partial charge >= 0.3 is 0 Å². The normalized spacial score (nSPS) is 17.4. The van der Waals surface area contributed by atoms with Gasteiger partial charge in [-0.05, 0) is 55.3 Å². The number of amides is 1. The number of carbonyl (C=O) groups excluding carboxylic acids is 1. The molecule has 1 aliphatic heterocycles. The van der Waals surface area contributed by atoms with Gasteiger partial charge in [0.25, 0.3) is 0 Å². The van der Waals surface area contributed by atoms with Crippen LogP contribution in [0.25, 0.3) is 0 Å². The van der Waals surface area contributed by atoms with Gasteiger partial charge in [-0.1, -0.05) is 18.0 Å². The summed E-state index contributed by atoms with van der Waals surface area (Å²) in [6.07, 6.45) is 2.34. The fraction of sp³-hybridized carbons (Fsp3) is 0.381. The number of nitrogens with zero attached hydrogens (tertiary/aromatic N) is 1. The van der Waals surface area contributed by atoms with Crippen LogP contribution in [0.4, 0.5) is 5.69 Å². The summed E-state index contributed by atoms with van der Waals surface area (Å²) in [4.78, 5) is 12.8. The Morgan fingerprint density at radius 3 is 2.50 bits per heavy atom. The number of methoxy groups -OCH3 is 2. The Labute approximate surface area is 182 Å². The molecule has 1 unspecified atom stereocenters. The number of sulfonamides is 1. The Kier molecular flexibility index (Phi) is 7.23. The Morgan fingerprint density at radius 2 is 1.87 bits per heavy atom. The minimum atomic E-state index is -3.71. The molecule has 0 radical (unpaired) electrons. The minimum Gasteiger partial charge on any atom is -0.497 e. The average Bonchev–Trinajstić information content (AvgIpc) is 2.74.